The standard InChI is InChI=1S/C26H21N3O3S/c1-16-12-21-22(13-17(16)2)33-26(27-21)28(14-18-8-4-3-5-9-18)23(30)15-29-24(31)19-10-6-7-11-20(19)25(29)32/h3-13H,14-15H2,1-2H3. The minimum absolute atomic E-state index is 0.292. The number of hydrogen-bond acceptors (Lipinski definition) is 5. The van der Waals surface area contributed by atoms with Crippen molar-refractivity contribution in [3.8, 4) is 0 Å². The average molecular weight is 456 g/mol. The van der Waals surface area contributed by atoms with E-state index < -0.39 is 11.8 Å². The van der Waals surface area contributed by atoms with Gasteiger partial charge < -0.3 is 0 Å². The van der Waals surface area contributed by atoms with Gasteiger partial charge in [0.15, 0.2) is 5.13 Å². The van der Waals surface area contributed by atoms with Crippen LogP contribution in [-0.4, -0.2) is 34.2 Å². The Morgan fingerprint density at radius 3 is 2.18 bits per heavy atom. The molecule has 3 amide bonds. The van der Waals surface area contributed by atoms with E-state index in [4.69, 9.17) is 4.98 Å². The molecule has 33 heavy (non-hydrogen) atoms. The summed E-state index contributed by atoms with van der Waals surface area (Å²) >= 11 is 1.43. The molecule has 0 aliphatic carbocycles. The Labute approximate surface area is 195 Å². The second-order valence-electron chi connectivity index (χ2n) is 8.11. The Morgan fingerprint density at radius 2 is 1.52 bits per heavy atom. The summed E-state index contributed by atoms with van der Waals surface area (Å²) in [6, 6.07) is 20.3. The Kier molecular flexibility index (Phi) is 5.26. The smallest absolute Gasteiger partial charge is 0.262 e. The van der Waals surface area contributed by atoms with Crippen LogP contribution in [0.25, 0.3) is 10.2 Å². The molecule has 0 fully saturated rings. The van der Waals surface area contributed by atoms with Crippen molar-refractivity contribution in [1.29, 1.82) is 0 Å². The zero-order valence-electron chi connectivity index (χ0n) is 18.2. The highest BCUT2D eigenvalue weighted by Crippen LogP contribution is 2.32. The first-order valence-electron chi connectivity index (χ1n) is 10.6. The van der Waals surface area contributed by atoms with Gasteiger partial charge in [-0.05, 0) is 54.8 Å². The number of nitrogens with zero attached hydrogens (tertiary/aromatic N) is 3. The van der Waals surface area contributed by atoms with Crippen molar-refractivity contribution in [2.24, 2.45) is 0 Å². The first-order valence-corrected chi connectivity index (χ1v) is 11.4. The molecule has 1 aliphatic heterocycles. The van der Waals surface area contributed by atoms with Gasteiger partial charge in [-0.3, -0.25) is 24.2 Å². The number of amides is 3. The lowest BCUT2D eigenvalue weighted by molar-refractivity contribution is -0.119. The largest absolute Gasteiger partial charge is 0.282 e. The molecular weight excluding hydrogens is 434 g/mol. The number of benzene rings is 3. The van der Waals surface area contributed by atoms with Crippen LogP contribution in [0.3, 0.4) is 0 Å². The maximum Gasteiger partial charge on any atom is 0.262 e. The van der Waals surface area contributed by atoms with Crippen LogP contribution in [0.2, 0.25) is 0 Å². The van der Waals surface area contributed by atoms with Gasteiger partial charge in [0.1, 0.15) is 6.54 Å². The molecule has 0 saturated heterocycles. The highest BCUT2D eigenvalue weighted by Gasteiger charge is 2.37. The predicted molar refractivity (Wildman–Crippen MR) is 129 cm³/mol. The second-order valence-corrected chi connectivity index (χ2v) is 9.12. The number of aromatic nitrogens is 1. The molecule has 1 aromatic heterocycles. The van der Waals surface area contributed by atoms with Crippen LogP contribution in [0, 0.1) is 13.8 Å². The summed E-state index contributed by atoms with van der Waals surface area (Å²) in [4.78, 5) is 46.4. The monoisotopic (exact) mass is 455 g/mol. The van der Waals surface area contributed by atoms with E-state index in [9.17, 15) is 14.4 Å². The normalized spacial score (nSPS) is 13.0. The third-order valence-electron chi connectivity index (χ3n) is 5.88. The van der Waals surface area contributed by atoms with E-state index in [1.165, 1.54) is 11.3 Å². The fourth-order valence-corrected chi connectivity index (χ4v) is 4.98. The number of anilines is 1. The zero-order valence-corrected chi connectivity index (χ0v) is 19.1. The van der Waals surface area contributed by atoms with Crippen molar-refractivity contribution in [2.75, 3.05) is 11.4 Å². The summed E-state index contributed by atoms with van der Waals surface area (Å²) in [6.07, 6.45) is 0. The van der Waals surface area contributed by atoms with Crippen LogP contribution in [0.1, 0.15) is 37.4 Å². The zero-order chi connectivity index (χ0) is 23.1. The number of aryl methyl sites for hydroxylation is 2. The maximum atomic E-state index is 13.5. The van der Waals surface area contributed by atoms with Crippen LogP contribution >= 0.6 is 11.3 Å². The Balaban J connectivity index is 1.49. The van der Waals surface area contributed by atoms with Gasteiger partial charge in [-0.25, -0.2) is 4.98 Å². The van der Waals surface area contributed by atoms with Gasteiger partial charge in [0, 0.05) is 0 Å². The van der Waals surface area contributed by atoms with Crippen molar-refractivity contribution in [2.45, 2.75) is 20.4 Å². The van der Waals surface area contributed by atoms with Crippen LogP contribution in [-0.2, 0) is 11.3 Å². The SMILES string of the molecule is Cc1cc2nc(N(Cc3ccccc3)C(=O)CN3C(=O)c4ccccc4C3=O)sc2cc1C. The minimum Gasteiger partial charge on any atom is -0.282 e. The van der Waals surface area contributed by atoms with Gasteiger partial charge in [-0.2, -0.15) is 0 Å². The van der Waals surface area contributed by atoms with E-state index in [0.29, 0.717) is 22.8 Å². The minimum atomic E-state index is -0.445. The van der Waals surface area contributed by atoms with Crippen LogP contribution in [0.15, 0.2) is 66.7 Å². The highest BCUT2D eigenvalue weighted by atomic mass is 32.1. The molecule has 4 aromatic rings. The molecule has 0 atom stereocenters. The number of carbonyl (C=O) groups is 3. The Hall–Kier alpha value is -3.84. The lowest BCUT2D eigenvalue weighted by Crippen LogP contribution is -2.42. The number of hydrogen-bond donors (Lipinski definition) is 0. The van der Waals surface area contributed by atoms with E-state index in [0.717, 1.165) is 31.8 Å². The van der Waals surface area contributed by atoms with Crippen molar-refractivity contribution in [3.63, 3.8) is 0 Å². The van der Waals surface area contributed by atoms with Gasteiger partial charge in [-0.15, -0.1) is 0 Å². The van der Waals surface area contributed by atoms with Gasteiger partial charge >= 0.3 is 0 Å². The third-order valence-corrected chi connectivity index (χ3v) is 6.92. The lowest BCUT2D eigenvalue weighted by atomic mass is 10.1. The first-order chi connectivity index (χ1) is 15.9. The van der Waals surface area contributed by atoms with Crippen molar-refractivity contribution >= 4 is 44.4 Å². The molecule has 7 heteroatoms. The summed E-state index contributed by atoms with van der Waals surface area (Å²) in [5, 5.41) is 0.542. The molecule has 5 rings (SSSR count). The molecule has 0 bridgehead atoms. The summed E-state index contributed by atoms with van der Waals surface area (Å²) in [5.74, 6) is -1.25. The molecule has 0 saturated carbocycles. The number of carbonyl (C=O) groups excluding carboxylic acids is 3. The quantitative estimate of drug-likeness (QED) is 0.408. The van der Waals surface area contributed by atoms with Crippen LogP contribution < -0.4 is 4.90 Å². The van der Waals surface area contributed by atoms with E-state index >= 15 is 0 Å². The van der Waals surface area contributed by atoms with Crippen LogP contribution in [0.4, 0.5) is 5.13 Å². The number of fused-ring (bicyclic) bond motifs is 2. The van der Waals surface area contributed by atoms with E-state index in [2.05, 4.69) is 6.07 Å². The fourth-order valence-electron chi connectivity index (χ4n) is 3.92. The molecule has 0 N–H and O–H groups in total. The Bertz CT molecular complexity index is 1340. The summed E-state index contributed by atoms with van der Waals surface area (Å²) in [7, 11) is 0. The van der Waals surface area contributed by atoms with Gasteiger partial charge in [0.25, 0.3) is 11.8 Å². The van der Waals surface area contributed by atoms with E-state index in [1.54, 1.807) is 29.2 Å². The molecule has 2 heterocycles. The van der Waals surface area contributed by atoms with Crippen molar-refractivity contribution < 1.29 is 14.4 Å². The lowest BCUT2D eigenvalue weighted by Gasteiger charge is -2.22. The molecular formula is C26H21N3O3S. The average Bonchev–Trinajstić information content (AvgIpc) is 3.32. The molecule has 0 unspecified atom stereocenters. The van der Waals surface area contributed by atoms with E-state index in [1.807, 2.05) is 50.2 Å². The number of imide groups is 1. The highest BCUT2D eigenvalue weighted by molar-refractivity contribution is 7.22. The van der Waals surface area contributed by atoms with Crippen molar-refractivity contribution in [3.05, 3.63) is 94.5 Å². The first kappa shape index (κ1) is 21.0. The molecule has 164 valence electrons. The second kappa shape index (κ2) is 8.26. The molecule has 1 aliphatic rings. The fraction of sp³-hybridized carbons (Fsp3) is 0.154. The molecule has 0 radical (unpaired) electrons. The summed E-state index contributed by atoms with van der Waals surface area (Å²) in [5.41, 5.74) is 4.70. The number of thiazole rings is 1. The van der Waals surface area contributed by atoms with E-state index in [-0.39, 0.29) is 12.5 Å². The number of rotatable bonds is 5. The van der Waals surface area contributed by atoms with Crippen molar-refractivity contribution in [1.82, 2.24) is 9.88 Å². The third kappa shape index (κ3) is 3.81. The Morgan fingerprint density at radius 1 is 0.909 bits per heavy atom. The summed E-state index contributed by atoms with van der Waals surface area (Å²) in [6.45, 7) is 4.03. The van der Waals surface area contributed by atoms with Gasteiger partial charge in [-0.1, -0.05) is 53.8 Å². The molecule has 3 aromatic carbocycles. The predicted octanol–water partition coefficient (Wildman–Crippen LogP) is 4.74. The summed E-state index contributed by atoms with van der Waals surface area (Å²) < 4.78 is 0.986. The maximum absolute atomic E-state index is 13.5. The van der Waals surface area contributed by atoms with Gasteiger partial charge in [0.2, 0.25) is 5.91 Å². The molecule has 0 spiro atoms. The molecule has 6 nitrogen and oxygen atoms in total. The topological polar surface area (TPSA) is 70.6 Å². The van der Waals surface area contributed by atoms with Gasteiger partial charge in [0.05, 0.1) is 27.9 Å². The van der Waals surface area contributed by atoms with Crippen LogP contribution in [0.5, 0.6) is 0 Å².